The van der Waals surface area contributed by atoms with E-state index >= 15 is 0 Å². The van der Waals surface area contributed by atoms with Crippen molar-refractivity contribution in [2.45, 2.75) is 50.0 Å². The molecule has 1 aromatic rings. The van der Waals surface area contributed by atoms with Gasteiger partial charge in [-0.1, -0.05) is 6.92 Å². The monoisotopic (exact) mass is 443 g/mol. The van der Waals surface area contributed by atoms with Gasteiger partial charge in [0.25, 0.3) is 0 Å². The molecule has 26 heavy (non-hydrogen) atoms. The molecule has 142 valence electrons. The topological polar surface area (TPSA) is 80.8 Å². The molecule has 0 aromatic heterocycles. The van der Waals surface area contributed by atoms with Gasteiger partial charge in [0.2, 0.25) is 10.0 Å². The van der Waals surface area contributed by atoms with Crippen LogP contribution >= 0.6 is 15.9 Å². The van der Waals surface area contributed by atoms with Gasteiger partial charge in [0.1, 0.15) is 0 Å². The molecule has 1 saturated carbocycles. The van der Waals surface area contributed by atoms with E-state index in [4.69, 9.17) is 4.74 Å². The van der Waals surface area contributed by atoms with Crippen molar-refractivity contribution >= 4 is 37.7 Å². The van der Waals surface area contributed by atoms with Gasteiger partial charge in [-0.2, -0.15) is 4.31 Å². The zero-order chi connectivity index (χ0) is 18.9. The summed E-state index contributed by atoms with van der Waals surface area (Å²) in [7, 11) is -3.70. The van der Waals surface area contributed by atoms with Crippen LogP contribution < -0.4 is 0 Å². The van der Waals surface area contributed by atoms with E-state index in [1.807, 2.05) is 0 Å². The lowest BCUT2D eigenvalue weighted by Gasteiger charge is -2.29. The third kappa shape index (κ3) is 4.02. The summed E-state index contributed by atoms with van der Waals surface area (Å²) in [6.07, 6.45) is 2.59. The average Bonchev–Trinajstić information content (AvgIpc) is 3.00. The van der Waals surface area contributed by atoms with E-state index in [1.54, 1.807) is 0 Å². The van der Waals surface area contributed by atoms with Crippen molar-refractivity contribution in [3.05, 3.63) is 28.2 Å². The highest BCUT2D eigenvalue weighted by molar-refractivity contribution is 9.10. The Kier molecular flexibility index (Phi) is 5.84. The van der Waals surface area contributed by atoms with Gasteiger partial charge in [0, 0.05) is 24.0 Å². The number of benzene rings is 1. The van der Waals surface area contributed by atoms with Gasteiger partial charge < -0.3 is 4.74 Å². The first kappa shape index (κ1) is 19.5. The van der Waals surface area contributed by atoms with Crippen LogP contribution in [-0.2, 0) is 19.6 Å². The molecular formula is C18H22BrNO5S. The summed E-state index contributed by atoms with van der Waals surface area (Å²) in [5.41, 5.74) is 0.136. The molecule has 1 aromatic carbocycles. The van der Waals surface area contributed by atoms with Gasteiger partial charge in [-0.3, -0.25) is 4.79 Å². The quantitative estimate of drug-likeness (QED) is 0.667. The number of esters is 1. The Balaban J connectivity index is 1.83. The van der Waals surface area contributed by atoms with Crippen LogP contribution in [0.25, 0.3) is 0 Å². The molecular weight excluding hydrogens is 422 g/mol. The number of rotatable bonds is 4. The second kappa shape index (κ2) is 7.78. The van der Waals surface area contributed by atoms with Gasteiger partial charge in [-0.25, -0.2) is 13.2 Å². The van der Waals surface area contributed by atoms with Gasteiger partial charge in [-0.05, 0) is 65.7 Å². The maximum Gasteiger partial charge on any atom is 0.338 e. The van der Waals surface area contributed by atoms with Crippen LogP contribution in [0.1, 0.15) is 49.4 Å². The predicted molar refractivity (Wildman–Crippen MR) is 99.4 cm³/mol. The fraction of sp³-hybridized carbons (Fsp3) is 0.556. The minimum Gasteiger partial charge on any atom is -0.451 e. The summed E-state index contributed by atoms with van der Waals surface area (Å²) < 4.78 is 33.1. The van der Waals surface area contributed by atoms with Gasteiger partial charge in [0.15, 0.2) is 11.9 Å². The molecule has 3 rings (SSSR count). The first-order chi connectivity index (χ1) is 12.3. The fourth-order valence-electron chi connectivity index (χ4n) is 3.30. The molecule has 0 unspecified atom stereocenters. The summed E-state index contributed by atoms with van der Waals surface area (Å²) in [6.45, 7) is 3.06. The van der Waals surface area contributed by atoms with E-state index in [-0.39, 0.29) is 16.2 Å². The predicted octanol–water partition coefficient (Wildman–Crippen LogP) is 3.15. The van der Waals surface area contributed by atoms with Crippen LogP contribution in [-0.4, -0.2) is 43.7 Å². The minimum absolute atomic E-state index is 0.0549. The van der Waals surface area contributed by atoms with Gasteiger partial charge in [0.05, 0.1) is 10.5 Å². The van der Waals surface area contributed by atoms with E-state index in [0.717, 1.165) is 12.8 Å². The van der Waals surface area contributed by atoms with Crippen molar-refractivity contribution in [3.8, 4) is 0 Å². The third-order valence-corrected chi connectivity index (χ3v) is 7.92. The highest BCUT2D eigenvalue weighted by Crippen LogP contribution is 2.30. The molecule has 6 nitrogen and oxygen atoms in total. The van der Waals surface area contributed by atoms with E-state index in [1.165, 1.54) is 22.5 Å². The standard InChI is InChI=1S/C18H22BrNO5S/c1-12-7-9-20(10-8-12)26(23,24)17-11-13(5-6-14(17)19)18(22)25-16-4-2-3-15(16)21/h5-6,11-12,16H,2-4,7-10H2,1H3/t16-/m0/s1. The first-order valence-corrected chi connectivity index (χ1v) is 11.1. The molecule has 0 spiro atoms. The molecule has 1 aliphatic heterocycles. The number of ether oxygens (including phenoxy) is 1. The van der Waals surface area contributed by atoms with E-state index in [2.05, 4.69) is 22.9 Å². The Labute approximate surface area is 162 Å². The van der Waals surface area contributed by atoms with E-state index in [0.29, 0.717) is 42.7 Å². The van der Waals surface area contributed by atoms with E-state index in [9.17, 15) is 18.0 Å². The summed E-state index contributed by atoms with van der Waals surface area (Å²) in [5.74, 6) is -0.234. The number of sulfonamides is 1. The van der Waals surface area contributed by atoms with Crippen LogP contribution in [0, 0.1) is 5.92 Å². The molecule has 1 atom stereocenters. The molecule has 8 heteroatoms. The van der Waals surface area contributed by atoms with Gasteiger partial charge >= 0.3 is 5.97 Å². The minimum atomic E-state index is -3.70. The van der Waals surface area contributed by atoms with Crippen molar-refractivity contribution in [3.63, 3.8) is 0 Å². The largest absolute Gasteiger partial charge is 0.451 e. The fourth-order valence-corrected chi connectivity index (χ4v) is 5.72. The van der Waals surface area contributed by atoms with E-state index < -0.39 is 22.1 Å². The van der Waals surface area contributed by atoms with Crippen LogP contribution in [0.15, 0.2) is 27.6 Å². The van der Waals surface area contributed by atoms with Crippen molar-refractivity contribution in [1.82, 2.24) is 4.31 Å². The Bertz CT molecular complexity index is 815. The lowest BCUT2D eigenvalue weighted by atomic mass is 10.0. The van der Waals surface area contributed by atoms with Crippen LogP contribution in [0.5, 0.6) is 0 Å². The number of ketones is 1. The molecule has 2 fully saturated rings. The van der Waals surface area contributed by atoms with Crippen molar-refractivity contribution in [2.75, 3.05) is 13.1 Å². The molecule has 1 heterocycles. The number of halogens is 1. The van der Waals surface area contributed by atoms with Crippen LogP contribution in [0.2, 0.25) is 0 Å². The average molecular weight is 444 g/mol. The highest BCUT2D eigenvalue weighted by Gasteiger charge is 2.32. The Morgan fingerprint density at radius 2 is 1.92 bits per heavy atom. The molecule has 1 saturated heterocycles. The summed E-state index contributed by atoms with van der Waals surface area (Å²) in [4.78, 5) is 24.1. The maximum atomic E-state index is 13.0. The second-order valence-corrected chi connectivity index (χ2v) is 9.74. The summed E-state index contributed by atoms with van der Waals surface area (Å²) in [6, 6.07) is 4.37. The molecule has 0 N–H and O–H groups in total. The number of piperidine rings is 1. The van der Waals surface area contributed by atoms with Crippen LogP contribution in [0.4, 0.5) is 0 Å². The number of carbonyl (C=O) groups excluding carboxylic acids is 2. The molecule has 0 radical (unpaired) electrons. The number of Topliss-reactive ketones (excluding diaryl/α,β-unsaturated/α-hetero) is 1. The first-order valence-electron chi connectivity index (χ1n) is 8.82. The lowest BCUT2D eigenvalue weighted by molar-refractivity contribution is -0.124. The lowest BCUT2D eigenvalue weighted by Crippen LogP contribution is -2.38. The maximum absolute atomic E-state index is 13.0. The summed E-state index contributed by atoms with van der Waals surface area (Å²) in [5, 5.41) is 0. The normalized spacial score (nSPS) is 22.5. The highest BCUT2D eigenvalue weighted by atomic mass is 79.9. The SMILES string of the molecule is CC1CCN(S(=O)(=O)c2cc(C(=O)O[C@H]3CCCC3=O)ccc2Br)CC1. The smallest absolute Gasteiger partial charge is 0.338 e. The second-order valence-electron chi connectivity index (χ2n) is 6.98. The van der Waals surface area contributed by atoms with Crippen molar-refractivity contribution in [2.24, 2.45) is 5.92 Å². The Morgan fingerprint density at radius 3 is 2.54 bits per heavy atom. The Hall–Kier alpha value is -1.25. The van der Waals surface area contributed by atoms with Gasteiger partial charge in [-0.15, -0.1) is 0 Å². The molecule has 0 bridgehead atoms. The molecule has 2 aliphatic rings. The number of nitrogens with zero attached hydrogens (tertiary/aromatic N) is 1. The Morgan fingerprint density at radius 1 is 1.23 bits per heavy atom. The zero-order valence-electron chi connectivity index (χ0n) is 14.6. The number of hydrogen-bond acceptors (Lipinski definition) is 5. The van der Waals surface area contributed by atoms with Crippen molar-refractivity contribution in [1.29, 1.82) is 0 Å². The number of hydrogen-bond donors (Lipinski definition) is 0. The molecule has 1 aliphatic carbocycles. The van der Waals surface area contributed by atoms with Crippen molar-refractivity contribution < 1.29 is 22.7 Å². The third-order valence-electron chi connectivity index (χ3n) is 5.03. The zero-order valence-corrected chi connectivity index (χ0v) is 17.0. The van der Waals surface area contributed by atoms with Crippen LogP contribution in [0.3, 0.4) is 0 Å². The molecule has 0 amide bonds. The summed E-state index contributed by atoms with van der Waals surface area (Å²) >= 11 is 3.28. The number of carbonyl (C=O) groups is 2.